The summed E-state index contributed by atoms with van der Waals surface area (Å²) < 4.78 is 0. The van der Waals surface area contributed by atoms with E-state index in [0.29, 0.717) is 18.4 Å². The van der Waals surface area contributed by atoms with Crippen LogP contribution in [0.4, 0.5) is 0 Å². The minimum absolute atomic E-state index is 0.0169. The minimum Gasteiger partial charge on any atom is -0.303 e. The third-order valence-electron chi connectivity index (χ3n) is 4.79. The molecule has 0 radical (unpaired) electrons. The van der Waals surface area contributed by atoms with Gasteiger partial charge in [-0.15, -0.1) is 0 Å². The van der Waals surface area contributed by atoms with Crippen molar-refractivity contribution in [3.05, 3.63) is 0 Å². The second kappa shape index (κ2) is 7.39. The maximum absolute atomic E-state index is 12.5. The van der Waals surface area contributed by atoms with Crippen LogP contribution in [-0.2, 0) is 9.59 Å². The quantitative estimate of drug-likeness (QED) is 0.766. The van der Waals surface area contributed by atoms with Crippen molar-refractivity contribution in [1.82, 2.24) is 10.2 Å². The van der Waals surface area contributed by atoms with Gasteiger partial charge in [0.2, 0.25) is 11.8 Å². The Labute approximate surface area is 128 Å². The van der Waals surface area contributed by atoms with Gasteiger partial charge in [0.1, 0.15) is 0 Å². The predicted octanol–water partition coefficient (Wildman–Crippen LogP) is 2.86. The molecular weight excluding hydrogens is 264 g/mol. The van der Waals surface area contributed by atoms with Crippen LogP contribution in [0.15, 0.2) is 0 Å². The Morgan fingerprint density at radius 1 is 1.10 bits per heavy atom. The fraction of sp³-hybridized carbons (Fsp3) is 0.882. The monoisotopic (exact) mass is 294 g/mol. The van der Waals surface area contributed by atoms with Gasteiger partial charge in [0.25, 0.3) is 0 Å². The molecule has 0 aromatic heterocycles. The van der Waals surface area contributed by atoms with Crippen molar-refractivity contribution in [3.63, 3.8) is 0 Å². The van der Waals surface area contributed by atoms with Crippen molar-refractivity contribution in [1.29, 1.82) is 0 Å². The molecule has 1 heterocycles. The summed E-state index contributed by atoms with van der Waals surface area (Å²) in [4.78, 5) is 26.3. The number of hydrogen-bond donors (Lipinski definition) is 1. The van der Waals surface area contributed by atoms with Crippen LogP contribution in [0.25, 0.3) is 0 Å². The molecule has 4 heteroatoms. The number of nitrogens with zero attached hydrogens (tertiary/aromatic N) is 1. The Morgan fingerprint density at radius 2 is 1.76 bits per heavy atom. The van der Waals surface area contributed by atoms with Crippen molar-refractivity contribution < 1.29 is 9.59 Å². The second-order valence-electron chi connectivity index (χ2n) is 7.19. The Hall–Kier alpha value is -0.900. The van der Waals surface area contributed by atoms with Crippen LogP contribution in [0.2, 0.25) is 0 Å². The highest BCUT2D eigenvalue weighted by Gasteiger charge is 2.42. The molecule has 0 bridgehead atoms. The van der Waals surface area contributed by atoms with Crippen LogP contribution < -0.4 is 5.32 Å². The Balaban J connectivity index is 1.88. The molecule has 0 aromatic rings. The number of amides is 2. The zero-order chi connectivity index (χ0) is 15.4. The van der Waals surface area contributed by atoms with Gasteiger partial charge in [-0.05, 0) is 38.5 Å². The van der Waals surface area contributed by atoms with E-state index in [2.05, 4.69) is 26.1 Å². The number of hydrogen-bond acceptors (Lipinski definition) is 3. The lowest BCUT2D eigenvalue weighted by Crippen LogP contribution is -2.46. The van der Waals surface area contributed by atoms with Gasteiger partial charge in [-0.1, -0.05) is 33.1 Å². The van der Waals surface area contributed by atoms with Crippen molar-refractivity contribution in [2.75, 3.05) is 0 Å². The largest absolute Gasteiger partial charge is 0.303 e. The molecule has 2 rings (SSSR count). The van der Waals surface area contributed by atoms with Gasteiger partial charge in [0.05, 0.1) is 12.5 Å². The third kappa shape index (κ3) is 4.29. The first-order chi connectivity index (χ1) is 9.99. The van der Waals surface area contributed by atoms with E-state index in [1.165, 1.54) is 6.42 Å². The zero-order valence-electron chi connectivity index (χ0n) is 13.7. The zero-order valence-corrected chi connectivity index (χ0v) is 13.7. The molecule has 0 aromatic carbocycles. The number of carbonyl (C=O) groups excluding carboxylic acids is 2. The molecule has 21 heavy (non-hydrogen) atoms. The number of likely N-dealkylation sites (tertiary alicyclic amines) is 1. The van der Waals surface area contributed by atoms with E-state index in [0.717, 1.165) is 38.5 Å². The van der Waals surface area contributed by atoms with Gasteiger partial charge in [-0.25, -0.2) is 0 Å². The summed E-state index contributed by atoms with van der Waals surface area (Å²) in [5.41, 5.74) is 0. The summed E-state index contributed by atoms with van der Waals surface area (Å²) in [6.07, 6.45) is 8.06. The standard InChI is InChI=1S/C17H30N2O2/c1-12(2)9-10-13(3)18-15-11-16(20)19(17(15)21)14-7-5-4-6-8-14/h12-15,18H,4-11H2,1-3H3. The van der Waals surface area contributed by atoms with Gasteiger partial charge in [-0.2, -0.15) is 0 Å². The molecular formula is C17H30N2O2. The lowest BCUT2D eigenvalue weighted by Gasteiger charge is -2.30. The molecule has 120 valence electrons. The van der Waals surface area contributed by atoms with Crippen LogP contribution in [-0.4, -0.2) is 34.8 Å². The summed E-state index contributed by atoms with van der Waals surface area (Å²) in [7, 11) is 0. The average Bonchev–Trinajstić information content (AvgIpc) is 2.72. The van der Waals surface area contributed by atoms with Crippen molar-refractivity contribution >= 4 is 11.8 Å². The fourth-order valence-electron chi connectivity index (χ4n) is 3.51. The number of rotatable bonds is 6. The van der Waals surface area contributed by atoms with E-state index in [4.69, 9.17) is 0 Å². The van der Waals surface area contributed by atoms with Gasteiger partial charge >= 0.3 is 0 Å². The molecule has 2 fully saturated rings. The number of nitrogens with one attached hydrogen (secondary N) is 1. The molecule has 4 nitrogen and oxygen atoms in total. The topological polar surface area (TPSA) is 49.4 Å². The predicted molar refractivity (Wildman–Crippen MR) is 83.8 cm³/mol. The molecule has 2 aliphatic rings. The maximum atomic E-state index is 12.5. The highest BCUT2D eigenvalue weighted by Crippen LogP contribution is 2.27. The summed E-state index contributed by atoms with van der Waals surface area (Å²) in [5.74, 6) is 0.720. The average molecular weight is 294 g/mol. The third-order valence-corrected chi connectivity index (χ3v) is 4.79. The van der Waals surface area contributed by atoms with Crippen molar-refractivity contribution in [3.8, 4) is 0 Å². The molecule has 1 N–H and O–H groups in total. The van der Waals surface area contributed by atoms with Crippen molar-refractivity contribution in [2.45, 2.75) is 90.3 Å². The maximum Gasteiger partial charge on any atom is 0.247 e. The minimum atomic E-state index is -0.290. The number of imide groups is 1. The summed E-state index contributed by atoms with van der Waals surface area (Å²) >= 11 is 0. The van der Waals surface area contributed by atoms with Gasteiger partial charge < -0.3 is 5.32 Å². The van der Waals surface area contributed by atoms with Gasteiger partial charge in [-0.3, -0.25) is 14.5 Å². The Bertz CT molecular complexity index is 375. The van der Waals surface area contributed by atoms with E-state index in [9.17, 15) is 9.59 Å². The molecule has 1 saturated heterocycles. The molecule has 2 atom stereocenters. The van der Waals surface area contributed by atoms with E-state index in [1.807, 2.05) is 0 Å². The SMILES string of the molecule is CC(C)CCC(C)NC1CC(=O)N(C2CCCCC2)C1=O. The van der Waals surface area contributed by atoms with Crippen LogP contribution in [0.3, 0.4) is 0 Å². The summed E-state index contributed by atoms with van der Waals surface area (Å²) in [5, 5.41) is 3.37. The Morgan fingerprint density at radius 3 is 2.38 bits per heavy atom. The first-order valence-electron chi connectivity index (χ1n) is 8.61. The lowest BCUT2D eigenvalue weighted by molar-refractivity contribution is -0.142. The van der Waals surface area contributed by atoms with Gasteiger partial charge in [0, 0.05) is 12.1 Å². The van der Waals surface area contributed by atoms with Crippen molar-refractivity contribution in [2.24, 2.45) is 5.92 Å². The first kappa shape index (κ1) is 16.5. The van der Waals surface area contributed by atoms with Gasteiger partial charge in [0.15, 0.2) is 0 Å². The fourth-order valence-corrected chi connectivity index (χ4v) is 3.51. The number of carbonyl (C=O) groups is 2. The van der Waals surface area contributed by atoms with Crippen LogP contribution in [0.5, 0.6) is 0 Å². The van der Waals surface area contributed by atoms with E-state index in [-0.39, 0.29) is 23.9 Å². The molecule has 0 spiro atoms. The van der Waals surface area contributed by atoms with E-state index >= 15 is 0 Å². The second-order valence-corrected chi connectivity index (χ2v) is 7.19. The summed E-state index contributed by atoms with van der Waals surface area (Å²) in [6, 6.07) is 0.165. The van der Waals surface area contributed by atoms with Crippen LogP contribution in [0, 0.1) is 5.92 Å². The highest BCUT2D eigenvalue weighted by molar-refractivity contribution is 6.05. The molecule has 1 aliphatic carbocycles. The van der Waals surface area contributed by atoms with Crippen LogP contribution in [0.1, 0.15) is 72.1 Å². The molecule has 2 amide bonds. The first-order valence-corrected chi connectivity index (χ1v) is 8.61. The Kier molecular flexibility index (Phi) is 5.80. The highest BCUT2D eigenvalue weighted by atomic mass is 16.2. The van der Waals surface area contributed by atoms with Crippen LogP contribution >= 0.6 is 0 Å². The van der Waals surface area contributed by atoms with E-state index in [1.54, 1.807) is 4.90 Å². The normalized spacial score (nSPS) is 25.9. The summed E-state index contributed by atoms with van der Waals surface area (Å²) in [6.45, 7) is 6.53. The van der Waals surface area contributed by atoms with E-state index < -0.39 is 0 Å². The molecule has 1 aliphatic heterocycles. The molecule has 2 unspecified atom stereocenters. The smallest absolute Gasteiger partial charge is 0.247 e. The molecule has 1 saturated carbocycles. The lowest BCUT2D eigenvalue weighted by atomic mass is 9.94.